The number of benzene rings is 1. The minimum absolute atomic E-state index is 0.233. The number of alkyl halides is 3. The third kappa shape index (κ3) is 6.62. The lowest BCUT2D eigenvalue weighted by molar-refractivity contribution is -0.119. The number of nitrogens with one attached hydrogen (secondary N) is 3. The normalized spacial score (nSPS) is 12.4. The fourth-order valence-electron chi connectivity index (χ4n) is 1.23. The molecule has 9 heteroatoms. The number of carbonyl (C=O) groups is 1. The molecule has 1 aromatic carbocycles. The highest BCUT2D eigenvalue weighted by Gasteiger charge is 2.33. The van der Waals surface area contributed by atoms with Crippen molar-refractivity contribution < 1.29 is 4.79 Å². The van der Waals surface area contributed by atoms with Crippen LogP contribution in [-0.2, 0) is 4.79 Å². The summed E-state index contributed by atoms with van der Waals surface area (Å²) in [5, 5.41) is 8.38. The predicted molar refractivity (Wildman–Crippen MR) is 96.4 cm³/mol. The van der Waals surface area contributed by atoms with Gasteiger partial charge in [-0.15, -0.1) is 0 Å². The largest absolute Gasteiger partial charge is 0.339 e. The van der Waals surface area contributed by atoms with Crippen molar-refractivity contribution >= 4 is 86.3 Å². The summed E-state index contributed by atoms with van der Waals surface area (Å²) in [6, 6.07) is 7.56. The Labute approximate surface area is 151 Å². The van der Waals surface area contributed by atoms with E-state index >= 15 is 0 Å². The number of hydrogen-bond donors (Lipinski definition) is 3. The Hall–Kier alpha value is -0.0200. The SMILES string of the molecule is CC(=O)N[C@H](NC(=S)Nc1ccc(I)cc1)C(Cl)(Cl)Cl. The maximum Gasteiger partial charge on any atom is 0.228 e. The van der Waals surface area contributed by atoms with Gasteiger partial charge in [0.1, 0.15) is 6.17 Å². The van der Waals surface area contributed by atoms with Crippen LogP contribution in [0.1, 0.15) is 6.92 Å². The summed E-state index contributed by atoms with van der Waals surface area (Å²) in [4.78, 5) is 11.1. The Kier molecular flexibility index (Phi) is 7.07. The molecule has 0 fully saturated rings. The van der Waals surface area contributed by atoms with E-state index in [1.54, 1.807) is 0 Å². The number of rotatable bonds is 3. The van der Waals surface area contributed by atoms with E-state index in [1.165, 1.54) is 6.92 Å². The van der Waals surface area contributed by atoms with Crippen molar-refractivity contribution in [3.05, 3.63) is 27.8 Å². The first-order chi connectivity index (χ1) is 9.18. The first-order valence-electron chi connectivity index (χ1n) is 5.35. The quantitative estimate of drug-likeness (QED) is 0.277. The van der Waals surface area contributed by atoms with E-state index in [1.807, 2.05) is 24.3 Å². The first kappa shape index (κ1) is 18.0. The van der Waals surface area contributed by atoms with Crippen molar-refractivity contribution in [2.45, 2.75) is 16.9 Å². The summed E-state index contributed by atoms with van der Waals surface area (Å²) in [6.45, 7) is 1.32. The molecule has 0 unspecified atom stereocenters. The van der Waals surface area contributed by atoms with E-state index in [2.05, 4.69) is 38.5 Å². The molecule has 1 amide bonds. The summed E-state index contributed by atoms with van der Waals surface area (Å²) < 4.78 is -0.631. The van der Waals surface area contributed by atoms with Crippen molar-refractivity contribution in [1.29, 1.82) is 0 Å². The van der Waals surface area contributed by atoms with E-state index in [9.17, 15) is 4.79 Å². The molecular weight excluding hydrogens is 455 g/mol. The predicted octanol–water partition coefficient (Wildman–Crippen LogP) is 3.41. The zero-order valence-corrected chi connectivity index (χ0v) is 15.5. The molecule has 0 aromatic heterocycles. The number of amides is 1. The molecule has 0 radical (unpaired) electrons. The van der Waals surface area contributed by atoms with Crippen LogP contribution in [0.3, 0.4) is 0 Å². The molecule has 0 aliphatic rings. The maximum absolute atomic E-state index is 11.1. The fourth-order valence-corrected chi connectivity index (χ4v) is 2.16. The van der Waals surface area contributed by atoms with Gasteiger partial charge in [0, 0.05) is 16.2 Å². The van der Waals surface area contributed by atoms with Gasteiger partial charge in [0.15, 0.2) is 5.11 Å². The van der Waals surface area contributed by atoms with Crippen LogP contribution in [0, 0.1) is 3.57 Å². The van der Waals surface area contributed by atoms with Gasteiger partial charge in [-0.25, -0.2) is 0 Å². The summed E-state index contributed by atoms with van der Waals surface area (Å²) in [7, 11) is 0. The van der Waals surface area contributed by atoms with Gasteiger partial charge in [-0.2, -0.15) is 0 Å². The summed E-state index contributed by atoms with van der Waals surface area (Å²) in [6.07, 6.45) is -0.936. The van der Waals surface area contributed by atoms with Gasteiger partial charge >= 0.3 is 0 Å². The van der Waals surface area contributed by atoms with Gasteiger partial charge in [0.25, 0.3) is 0 Å². The molecule has 0 heterocycles. The number of thiocarbonyl (C=S) groups is 1. The highest BCUT2D eigenvalue weighted by molar-refractivity contribution is 14.1. The molecule has 0 saturated carbocycles. The van der Waals surface area contributed by atoms with Crippen LogP contribution < -0.4 is 16.0 Å². The Morgan fingerprint density at radius 1 is 1.25 bits per heavy atom. The molecule has 1 aromatic rings. The lowest BCUT2D eigenvalue weighted by atomic mass is 10.3. The number of hydrogen-bond acceptors (Lipinski definition) is 2. The van der Waals surface area contributed by atoms with E-state index in [0.29, 0.717) is 0 Å². The van der Waals surface area contributed by atoms with Crippen LogP contribution in [0.4, 0.5) is 5.69 Å². The molecule has 3 N–H and O–H groups in total. The average molecular weight is 467 g/mol. The molecule has 1 rings (SSSR count). The minimum Gasteiger partial charge on any atom is -0.339 e. The van der Waals surface area contributed by atoms with E-state index in [4.69, 9.17) is 47.0 Å². The first-order valence-corrected chi connectivity index (χ1v) is 7.97. The molecule has 0 spiro atoms. The Balaban J connectivity index is 2.66. The van der Waals surface area contributed by atoms with Crippen molar-refractivity contribution in [3.63, 3.8) is 0 Å². The Morgan fingerprint density at radius 2 is 1.80 bits per heavy atom. The van der Waals surface area contributed by atoms with Gasteiger partial charge in [-0.1, -0.05) is 34.8 Å². The van der Waals surface area contributed by atoms with Crippen LogP contribution in [0.25, 0.3) is 0 Å². The monoisotopic (exact) mass is 465 g/mol. The summed E-state index contributed by atoms with van der Waals surface area (Å²) in [5.41, 5.74) is 0.786. The van der Waals surface area contributed by atoms with Crippen LogP contribution in [0.5, 0.6) is 0 Å². The highest BCUT2D eigenvalue weighted by atomic mass is 127. The van der Waals surface area contributed by atoms with Gasteiger partial charge in [-0.05, 0) is 59.1 Å². The molecule has 110 valence electrons. The zero-order chi connectivity index (χ0) is 15.3. The molecular formula is C11H11Cl3IN3OS. The van der Waals surface area contributed by atoms with Crippen molar-refractivity contribution in [2.24, 2.45) is 0 Å². The number of carbonyl (C=O) groups excluding carboxylic acids is 1. The van der Waals surface area contributed by atoms with Gasteiger partial charge < -0.3 is 16.0 Å². The molecule has 1 atom stereocenters. The van der Waals surface area contributed by atoms with Crippen LogP contribution >= 0.6 is 69.6 Å². The van der Waals surface area contributed by atoms with Gasteiger partial charge in [0.2, 0.25) is 9.70 Å². The molecule has 4 nitrogen and oxygen atoms in total. The number of halogens is 4. The van der Waals surface area contributed by atoms with Crippen molar-refractivity contribution in [2.75, 3.05) is 5.32 Å². The lowest BCUT2D eigenvalue weighted by Crippen LogP contribution is -2.55. The zero-order valence-electron chi connectivity index (χ0n) is 10.2. The van der Waals surface area contributed by atoms with E-state index in [0.717, 1.165) is 9.26 Å². The second kappa shape index (κ2) is 7.84. The topological polar surface area (TPSA) is 53.2 Å². The van der Waals surface area contributed by atoms with Gasteiger partial charge in [0.05, 0.1) is 0 Å². The van der Waals surface area contributed by atoms with Crippen LogP contribution in [0.2, 0.25) is 0 Å². The second-order valence-corrected chi connectivity index (χ2v) is 7.80. The smallest absolute Gasteiger partial charge is 0.228 e. The van der Waals surface area contributed by atoms with E-state index < -0.39 is 9.96 Å². The third-order valence-corrected chi connectivity index (χ3v) is 3.65. The maximum atomic E-state index is 11.1. The fraction of sp³-hybridized carbons (Fsp3) is 0.273. The van der Waals surface area contributed by atoms with Crippen LogP contribution in [0.15, 0.2) is 24.3 Å². The highest BCUT2D eigenvalue weighted by Crippen LogP contribution is 2.29. The van der Waals surface area contributed by atoms with E-state index in [-0.39, 0.29) is 11.0 Å². The molecule has 0 saturated heterocycles. The third-order valence-electron chi connectivity index (χ3n) is 2.05. The van der Waals surface area contributed by atoms with Crippen molar-refractivity contribution in [1.82, 2.24) is 10.6 Å². The molecule has 20 heavy (non-hydrogen) atoms. The Morgan fingerprint density at radius 3 is 2.25 bits per heavy atom. The second-order valence-electron chi connectivity index (χ2n) is 3.78. The minimum atomic E-state index is -1.73. The molecule has 0 bridgehead atoms. The van der Waals surface area contributed by atoms with Crippen LogP contribution in [-0.4, -0.2) is 21.0 Å². The lowest BCUT2D eigenvalue weighted by Gasteiger charge is -2.27. The van der Waals surface area contributed by atoms with Gasteiger partial charge in [-0.3, -0.25) is 4.79 Å². The van der Waals surface area contributed by atoms with Crippen molar-refractivity contribution in [3.8, 4) is 0 Å². The summed E-state index contributed by atoms with van der Waals surface area (Å²) >= 11 is 24.6. The Bertz CT molecular complexity index is 493. The average Bonchev–Trinajstić information content (AvgIpc) is 2.29. The standard InChI is InChI=1S/C11H11Cl3IN3OS/c1-6(19)16-9(11(12,13)14)18-10(20)17-8-4-2-7(15)3-5-8/h2-5,9H,1H3,(H,16,19)(H2,17,18,20)/t9-/m1/s1. The molecule has 0 aliphatic carbocycles. The number of anilines is 1. The molecule has 0 aliphatic heterocycles. The summed E-state index contributed by atoms with van der Waals surface area (Å²) in [5.74, 6) is -0.342.